The highest BCUT2D eigenvalue weighted by atomic mass is 32.2. The fourth-order valence-electron chi connectivity index (χ4n) is 4.53. The topological polar surface area (TPSA) is 67.4 Å². The highest BCUT2D eigenvalue weighted by Gasteiger charge is 2.39. The number of piperidine rings is 1. The average Bonchev–Trinajstić information content (AvgIpc) is 2.55. The van der Waals surface area contributed by atoms with E-state index in [1.165, 1.54) is 25.7 Å². The fraction of sp³-hybridized carbons (Fsp3) is 0.739. The Kier molecular flexibility index (Phi) is 8.16. The minimum absolute atomic E-state index is 0.0920. The van der Waals surface area contributed by atoms with Crippen molar-refractivity contribution >= 4 is 10.0 Å². The number of unbranched alkanes of at least 4 members (excludes halogenated alkanes) is 4. The van der Waals surface area contributed by atoms with Crippen LogP contribution in [0.4, 0.5) is 0 Å². The van der Waals surface area contributed by atoms with Crippen molar-refractivity contribution in [3.05, 3.63) is 23.8 Å². The fourth-order valence-corrected chi connectivity index (χ4v) is 5.85. The second-order valence-electron chi connectivity index (χ2n) is 9.81. The van der Waals surface area contributed by atoms with E-state index in [1.54, 1.807) is 18.2 Å². The highest BCUT2D eigenvalue weighted by molar-refractivity contribution is 7.89. The Morgan fingerprint density at radius 1 is 1.07 bits per heavy atom. The molecule has 5 nitrogen and oxygen atoms in total. The largest absolute Gasteiger partial charge is 0.493 e. The molecule has 0 atom stereocenters. The quantitative estimate of drug-likeness (QED) is 0.523. The van der Waals surface area contributed by atoms with Crippen molar-refractivity contribution in [3.63, 3.8) is 0 Å². The van der Waals surface area contributed by atoms with Crippen LogP contribution >= 0.6 is 0 Å². The predicted molar refractivity (Wildman–Crippen MR) is 120 cm³/mol. The van der Waals surface area contributed by atoms with Crippen molar-refractivity contribution in [1.82, 2.24) is 10.0 Å². The summed E-state index contributed by atoms with van der Waals surface area (Å²) in [7, 11) is -3.57. The van der Waals surface area contributed by atoms with E-state index in [2.05, 4.69) is 44.7 Å². The van der Waals surface area contributed by atoms with E-state index in [1.807, 2.05) is 6.92 Å². The van der Waals surface area contributed by atoms with Gasteiger partial charge in [0.1, 0.15) is 5.75 Å². The van der Waals surface area contributed by atoms with Crippen molar-refractivity contribution in [2.45, 2.75) is 109 Å². The first-order valence-corrected chi connectivity index (χ1v) is 12.5. The van der Waals surface area contributed by atoms with Crippen LogP contribution in [0.2, 0.25) is 0 Å². The summed E-state index contributed by atoms with van der Waals surface area (Å²) >= 11 is 0. The molecule has 0 spiro atoms. The summed E-state index contributed by atoms with van der Waals surface area (Å²) in [5, 5.41) is 3.59. The molecule has 2 rings (SSSR count). The first-order valence-electron chi connectivity index (χ1n) is 11.0. The Hall–Kier alpha value is -1.11. The van der Waals surface area contributed by atoms with Crippen LogP contribution in [0.15, 0.2) is 23.1 Å². The molecule has 1 fully saturated rings. The summed E-state index contributed by atoms with van der Waals surface area (Å²) in [6.07, 6.45) is 7.46. The number of rotatable bonds is 10. The molecule has 1 heterocycles. The molecule has 0 radical (unpaired) electrons. The van der Waals surface area contributed by atoms with Crippen molar-refractivity contribution in [2.75, 3.05) is 6.61 Å². The molecule has 2 N–H and O–H groups in total. The molecule has 0 saturated carbocycles. The van der Waals surface area contributed by atoms with Gasteiger partial charge in [-0.05, 0) is 77.6 Å². The Balaban J connectivity index is 1.99. The van der Waals surface area contributed by atoms with Crippen molar-refractivity contribution in [1.29, 1.82) is 0 Å². The third-order valence-corrected chi connectivity index (χ3v) is 6.99. The lowest BCUT2D eigenvalue weighted by Crippen LogP contribution is -2.62. The zero-order valence-corrected chi connectivity index (χ0v) is 19.9. The molecule has 1 aliphatic rings. The third kappa shape index (κ3) is 7.58. The molecular formula is C23H40N2O3S. The lowest BCUT2D eigenvalue weighted by molar-refractivity contribution is 0.157. The summed E-state index contributed by atoms with van der Waals surface area (Å²) < 4.78 is 34.7. The Bertz CT molecular complexity index is 756. The van der Waals surface area contributed by atoms with Crippen LogP contribution < -0.4 is 14.8 Å². The maximum Gasteiger partial charge on any atom is 0.240 e. The predicted octanol–water partition coefficient (Wildman–Crippen LogP) is 4.93. The lowest BCUT2D eigenvalue weighted by atomic mass is 9.80. The first kappa shape index (κ1) is 24.2. The van der Waals surface area contributed by atoms with Gasteiger partial charge in [-0.15, -0.1) is 0 Å². The Morgan fingerprint density at radius 2 is 1.69 bits per heavy atom. The van der Waals surface area contributed by atoms with Crippen molar-refractivity contribution in [3.8, 4) is 5.75 Å². The van der Waals surface area contributed by atoms with E-state index < -0.39 is 10.0 Å². The van der Waals surface area contributed by atoms with Gasteiger partial charge in [0.15, 0.2) is 0 Å². The third-order valence-electron chi connectivity index (χ3n) is 5.47. The summed E-state index contributed by atoms with van der Waals surface area (Å²) in [6, 6.07) is 5.06. The van der Waals surface area contributed by atoms with Crippen LogP contribution in [0, 0.1) is 6.92 Å². The van der Waals surface area contributed by atoms with E-state index in [0.29, 0.717) is 11.5 Å². The van der Waals surface area contributed by atoms with Crippen LogP contribution in [0.1, 0.15) is 85.1 Å². The Labute approximate surface area is 178 Å². The highest BCUT2D eigenvalue weighted by Crippen LogP contribution is 2.30. The van der Waals surface area contributed by atoms with Crippen LogP contribution in [-0.2, 0) is 10.0 Å². The zero-order chi connectivity index (χ0) is 21.7. The summed E-state index contributed by atoms with van der Waals surface area (Å²) in [4.78, 5) is 0.305. The smallest absolute Gasteiger partial charge is 0.240 e. The monoisotopic (exact) mass is 424 g/mol. The molecule has 0 aliphatic carbocycles. The summed E-state index contributed by atoms with van der Waals surface area (Å²) in [6.45, 7) is 13.3. The molecular weight excluding hydrogens is 384 g/mol. The second-order valence-corrected chi connectivity index (χ2v) is 11.5. The molecule has 0 aromatic heterocycles. The van der Waals surface area contributed by atoms with Crippen LogP contribution in [0.3, 0.4) is 0 Å². The van der Waals surface area contributed by atoms with Gasteiger partial charge in [0, 0.05) is 17.1 Å². The molecule has 1 aliphatic heterocycles. The van der Waals surface area contributed by atoms with Gasteiger partial charge >= 0.3 is 0 Å². The first-order chi connectivity index (χ1) is 13.4. The van der Waals surface area contributed by atoms with E-state index in [9.17, 15) is 8.42 Å². The molecule has 29 heavy (non-hydrogen) atoms. The maximum absolute atomic E-state index is 13.0. The lowest BCUT2D eigenvalue weighted by Gasteiger charge is -2.46. The second kappa shape index (κ2) is 9.80. The number of benzene rings is 1. The van der Waals surface area contributed by atoms with Gasteiger partial charge in [-0.3, -0.25) is 0 Å². The number of aryl methyl sites for hydroxylation is 1. The minimum atomic E-state index is -3.57. The number of sulfonamides is 1. The van der Waals surface area contributed by atoms with Gasteiger partial charge in [-0.25, -0.2) is 13.1 Å². The molecule has 0 unspecified atom stereocenters. The molecule has 166 valence electrons. The number of hydrogen-bond acceptors (Lipinski definition) is 4. The molecule has 1 aromatic carbocycles. The SMILES string of the molecule is CCCCCCCOc1ccc(S(=O)(=O)NC2CC(C)(C)NC(C)(C)C2)cc1C. The van der Waals surface area contributed by atoms with Gasteiger partial charge in [-0.2, -0.15) is 0 Å². The van der Waals surface area contributed by atoms with E-state index in [-0.39, 0.29) is 17.1 Å². The Morgan fingerprint density at radius 3 is 2.28 bits per heavy atom. The molecule has 1 saturated heterocycles. The van der Waals surface area contributed by atoms with Crippen molar-refractivity contribution < 1.29 is 13.2 Å². The van der Waals surface area contributed by atoms with Crippen LogP contribution in [-0.4, -0.2) is 32.1 Å². The average molecular weight is 425 g/mol. The zero-order valence-electron chi connectivity index (χ0n) is 19.1. The van der Waals surface area contributed by atoms with E-state index >= 15 is 0 Å². The van der Waals surface area contributed by atoms with Crippen molar-refractivity contribution in [2.24, 2.45) is 0 Å². The van der Waals surface area contributed by atoms with Gasteiger partial charge in [0.05, 0.1) is 11.5 Å². The summed E-state index contributed by atoms with van der Waals surface area (Å²) in [5.41, 5.74) is 0.631. The van der Waals surface area contributed by atoms with Gasteiger partial charge in [0.2, 0.25) is 10.0 Å². The van der Waals surface area contributed by atoms with Crippen LogP contribution in [0.25, 0.3) is 0 Å². The standard InChI is InChI=1S/C23H40N2O3S/c1-7-8-9-10-11-14-28-21-13-12-20(15-18(21)2)29(26,27)24-19-16-22(3,4)25-23(5,6)17-19/h12-13,15,19,24-25H,7-11,14,16-17H2,1-6H3. The van der Waals surface area contributed by atoms with E-state index in [0.717, 1.165) is 30.6 Å². The molecule has 0 amide bonds. The molecule has 6 heteroatoms. The number of hydrogen-bond donors (Lipinski definition) is 2. The molecule has 0 bridgehead atoms. The molecule has 1 aromatic rings. The van der Waals surface area contributed by atoms with Crippen LogP contribution in [0.5, 0.6) is 5.75 Å². The number of ether oxygens (including phenoxy) is 1. The van der Waals surface area contributed by atoms with Gasteiger partial charge < -0.3 is 10.1 Å². The van der Waals surface area contributed by atoms with Gasteiger partial charge in [-0.1, -0.05) is 32.6 Å². The summed E-state index contributed by atoms with van der Waals surface area (Å²) in [5.74, 6) is 0.767. The van der Waals surface area contributed by atoms with Gasteiger partial charge in [0.25, 0.3) is 0 Å². The van der Waals surface area contributed by atoms with E-state index in [4.69, 9.17) is 4.74 Å². The maximum atomic E-state index is 13.0. The minimum Gasteiger partial charge on any atom is -0.493 e. The number of nitrogens with one attached hydrogen (secondary N) is 2. The normalized spacial score (nSPS) is 19.2.